The summed E-state index contributed by atoms with van der Waals surface area (Å²) in [6.07, 6.45) is 1.91. The number of aromatic nitrogens is 1. The van der Waals surface area contributed by atoms with Gasteiger partial charge in [0.05, 0.1) is 5.69 Å². The Hall–Kier alpha value is -3.49. The number of nitrogens with two attached hydrogens (primary N) is 1. The zero-order valence-electron chi connectivity index (χ0n) is 17.4. The average molecular weight is 411 g/mol. The van der Waals surface area contributed by atoms with Crippen molar-refractivity contribution in [3.63, 3.8) is 0 Å². The lowest BCUT2D eigenvalue weighted by molar-refractivity contribution is 0.0671. The van der Waals surface area contributed by atoms with Crippen molar-refractivity contribution in [1.29, 1.82) is 0 Å². The second kappa shape index (κ2) is 7.98. The molecule has 0 unspecified atom stereocenters. The van der Waals surface area contributed by atoms with E-state index in [2.05, 4.69) is 40.3 Å². The minimum Gasteiger partial charge on any atom is -0.384 e. The van der Waals surface area contributed by atoms with Crippen LogP contribution >= 0.6 is 0 Å². The molecular weight excluding hydrogens is 384 g/mol. The molecule has 0 aliphatic carbocycles. The number of H-pyrrole nitrogens is 1. The number of nitrogens with one attached hydrogen (secondary N) is 2. The Labute approximate surface area is 182 Å². The molecule has 1 fully saturated rings. The summed E-state index contributed by atoms with van der Waals surface area (Å²) in [6.45, 7) is 2.98. The van der Waals surface area contributed by atoms with Crippen LogP contribution in [0, 0.1) is 11.8 Å². The highest BCUT2D eigenvalue weighted by atomic mass is 16.2. The minimum absolute atomic E-state index is 0.0458. The van der Waals surface area contributed by atoms with Gasteiger partial charge in [0, 0.05) is 42.8 Å². The van der Waals surface area contributed by atoms with Gasteiger partial charge in [-0.15, -0.1) is 0 Å². The summed E-state index contributed by atoms with van der Waals surface area (Å²) in [5, 5.41) is 3.55. The summed E-state index contributed by atoms with van der Waals surface area (Å²) in [5.74, 6) is 6.27. The summed E-state index contributed by atoms with van der Waals surface area (Å²) in [5.41, 5.74) is 12.0. The Balaban J connectivity index is 1.27. The lowest BCUT2D eigenvalue weighted by atomic mass is 9.74. The van der Waals surface area contributed by atoms with Gasteiger partial charge >= 0.3 is 0 Å². The van der Waals surface area contributed by atoms with Crippen molar-refractivity contribution in [1.82, 2.24) is 9.88 Å². The van der Waals surface area contributed by atoms with Gasteiger partial charge in [-0.3, -0.25) is 4.79 Å². The third-order valence-corrected chi connectivity index (χ3v) is 6.55. The predicted octanol–water partition coefficient (Wildman–Crippen LogP) is 3.47. The normalized spacial score (nSPS) is 16.4. The highest BCUT2D eigenvalue weighted by Gasteiger charge is 2.42. The van der Waals surface area contributed by atoms with E-state index in [0.29, 0.717) is 12.2 Å². The van der Waals surface area contributed by atoms with Crippen LogP contribution in [0.3, 0.4) is 0 Å². The predicted molar refractivity (Wildman–Crippen MR) is 123 cm³/mol. The topological polar surface area (TPSA) is 74.1 Å². The smallest absolute Gasteiger partial charge is 0.270 e. The molecule has 5 heteroatoms. The first kappa shape index (κ1) is 19.5. The van der Waals surface area contributed by atoms with Gasteiger partial charge in [0.2, 0.25) is 0 Å². The monoisotopic (exact) mass is 410 g/mol. The number of nitrogens with zero attached hydrogens (tertiary/aromatic N) is 1. The van der Waals surface area contributed by atoms with Crippen molar-refractivity contribution in [2.24, 2.45) is 5.73 Å². The number of anilines is 1. The minimum atomic E-state index is 0.0458. The lowest BCUT2D eigenvalue weighted by Gasteiger charge is -2.39. The average Bonchev–Trinajstić information content (AvgIpc) is 3.44. The summed E-state index contributed by atoms with van der Waals surface area (Å²) >= 11 is 0. The van der Waals surface area contributed by atoms with E-state index in [4.69, 9.17) is 5.73 Å². The van der Waals surface area contributed by atoms with Gasteiger partial charge in [-0.2, -0.15) is 0 Å². The zero-order chi connectivity index (χ0) is 21.3. The van der Waals surface area contributed by atoms with Crippen molar-refractivity contribution in [3.8, 4) is 11.8 Å². The van der Waals surface area contributed by atoms with Crippen molar-refractivity contribution in [2.75, 3.05) is 25.0 Å². The summed E-state index contributed by atoms with van der Waals surface area (Å²) in [6, 6.07) is 20.0. The third kappa shape index (κ3) is 3.71. The van der Waals surface area contributed by atoms with Crippen molar-refractivity contribution in [3.05, 3.63) is 88.7 Å². The van der Waals surface area contributed by atoms with Gasteiger partial charge in [0.1, 0.15) is 5.69 Å². The van der Waals surface area contributed by atoms with Crippen LogP contribution in [-0.4, -0.2) is 35.4 Å². The number of piperidine rings is 1. The molecule has 0 saturated carbocycles. The largest absolute Gasteiger partial charge is 0.384 e. The van der Waals surface area contributed by atoms with Gasteiger partial charge in [0.15, 0.2) is 0 Å². The van der Waals surface area contributed by atoms with Gasteiger partial charge in [-0.25, -0.2) is 0 Å². The summed E-state index contributed by atoms with van der Waals surface area (Å²) < 4.78 is 0. The van der Waals surface area contributed by atoms with E-state index in [0.717, 1.165) is 49.3 Å². The Morgan fingerprint density at radius 3 is 2.61 bits per heavy atom. The van der Waals surface area contributed by atoms with E-state index in [1.165, 1.54) is 11.3 Å². The van der Waals surface area contributed by atoms with Crippen LogP contribution in [0.15, 0.2) is 60.7 Å². The number of rotatable bonds is 2. The number of fused-ring (bicyclic) bond motifs is 2. The van der Waals surface area contributed by atoms with E-state index in [-0.39, 0.29) is 11.3 Å². The fourth-order valence-corrected chi connectivity index (χ4v) is 4.68. The number of aromatic amines is 1. The quantitative estimate of drug-likeness (QED) is 0.567. The number of carbonyl (C=O) groups excluding carboxylic acids is 1. The molecule has 1 aromatic heterocycles. The van der Waals surface area contributed by atoms with Crippen LogP contribution < -0.4 is 11.1 Å². The fourth-order valence-electron chi connectivity index (χ4n) is 4.68. The highest BCUT2D eigenvalue weighted by molar-refractivity contribution is 5.92. The molecule has 3 heterocycles. The van der Waals surface area contributed by atoms with Crippen LogP contribution in [0.2, 0.25) is 0 Å². The van der Waals surface area contributed by atoms with E-state index in [9.17, 15) is 4.79 Å². The number of carbonyl (C=O) groups is 1. The van der Waals surface area contributed by atoms with E-state index < -0.39 is 0 Å². The lowest BCUT2D eigenvalue weighted by Crippen LogP contribution is -2.46. The Bertz CT molecular complexity index is 1160. The van der Waals surface area contributed by atoms with E-state index in [1.54, 1.807) is 0 Å². The number of benzene rings is 2. The first-order chi connectivity index (χ1) is 15.2. The first-order valence-corrected chi connectivity index (χ1v) is 10.8. The van der Waals surface area contributed by atoms with Gasteiger partial charge < -0.3 is 20.9 Å². The standard InChI is InChI=1S/C26H26N4O/c27-17-20-7-10-23-22(16-20)26(18-28-23)12-14-30(15-13-26)25(31)24-11-9-21(29-24)8-6-19-4-2-1-3-5-19/h1-5,7,9-11,16,28-29H,12-15,17-18,27H2. The molecule has 1 saturated heterocycles. The molecule has 2 aliphatic heterocycles. The van der Waals surface area contributed by atoms with Crippen LogP contribution in [0.25, 0.3) is 0 Å². The molecule has 0 radical (unpaired) electrons. The molecule has 5 nitrogen and oxygen atoms in total. The molecule has 156 valence electrons. The molecule has 0 bridgehead atoms. The van der Waals surface area contributed by atoms with Crippen molar-refractivity contribution < 1.29 is 4.79 Å². The number of hydrogen-bond donors (Lipinski definition) is 3. The molecule has 4 N–H and O–H groups in total. The van der Waals surface area contributed by atoms with Crippen LogP contribution in [-0.2, 0) is 12.0 Å². The number of hydrogen-bond acceptors (Lipinski definition) is 3. The molecular formula is C26H26N4O. The molecule has 1 amide bonds. The second-order valence-corrected chi connectivity index (χ2v) is 8.41. The van der Waals surface area contributed by atoms with Crippen LogP contribution in [0.1, 0.15) is 45.7 Å². The van der Waals surface area contributed by atoms with Gasteiger partial charge in [-0.05, 0) is 60.2 Å². The van der Waals surface area contributed by atoms with E-state index in [1.807, 2.05) is 47.4 Å². The molecule has 2 aromatic carbocycles. The molecule has 2 aliphatic rings. The SMILES string of the molecule is NCc1ccc2c(c1)C1(CCN(C(=O)c3ccc(C#Cc4ccccc4)[nH]3)CC1)CN2. The third-order valence-electron chi connectivity index (χ3n) is 6.55. The maximum absolute atomic E-state index is 13.1. The van der Waals surface area contributed by atoms with Crippen molar-refractivity contribution >= 4 is 11.6 Å². The first-order valence-electron chi connectivity index (χ1n) is 10.8. The van der Waals surface area contributed by atoms with Crippen LogP contribution in [0.4, 0.5) is 5.69 Å². The second-order valence-electron chi connectivity index (χ2n) is 8.41. The summed E-state index contributed by atoms with van der Waals surface area (Å²) in [7, 11) is 0. The maximum Gasteiger partial charge on any atom is 0.270 e. The Morgan fingerprint density at radius 2 is 1.84 bits per heavy atom. The Morgan fingerprint density at radius 1 is 1.03 bits per heavy atom. The Kier molecular flexibility index (Phi) is 5.01. The van der Waals surface area contributed by atoms with Crippen LogP contribution in [0.5, 0.6) is 0 Å². The van der Waals surface area contributed by atoms with Gasteiger partial charge in [-0.1, -0.05) is 36.3 Å². The maximum atomic E-state index is 13.1. The van der Waals surface area contributed by atoms with E-state index >= 15 is 0 Å². The van der Waals surface area contributed by atoms with Gasteiger partial charge in [0.25, 0.3) is 5.91 Å². The number of amides is 1. The fraction of sp³-hybridized carbons (Fsp3) is 0.269. The number of likely N-dealkylation sites (tertiary alicyclic amines) is 1. The molecule has 3 aromatic rings. The molecule has 31 heavy (non-hydrogen) atoms. The van der Waals surface area contributed by atoms with Crippen molar-refractivity contribution in [2.45, 2.75) is 24.8 Å². The highest BCUT2D eigenvalue weighted by Crippen LogP contribution is 2.44. The molecule has 1 spiro atoms. The summed E-state index contributed by atoms with van der Waals surface area (Å²) in [4.78, 5) is 18.2. The molecule has 5 rings (SSSR count). The molecule has 0 atom stereocenters. The zero-order valence-corrected chi connectivity index (χ0v) is 17.4.